The van der Waals surface area contributed by atoms with Crippen LogP contribution in [0.3, 0.4) is 0 Å². The van der Waals surface area contributed by atoms with Crippen LogP contribution in [0.5, 0.6) is 0 Å². The average Bonchev–Trinajstić information content (AvgIpc) is 2.52. The highest BCUT2D eigenvalue weighted by atomic mass is 16.3. The summed E-state index contributed by atoms with van der Waals surface area (Å²) >= 11 is 0. The first-order valence-corrected chi connectivity index (χ1v) is 9.00. The van der Waals surface area contributed by atoms with Gasteiger partial charge in [-0.2, -0.15) is 0 Å². The van der Waals surface area contributed by atoms with E-state index in [9.17, 15) is 15.0 Å². The molecule has 0 amide bonds. The Kier molecular flexibility index (Phi) is 3.89. The number of rotatable bonds is 1. The molecule has 0 radical (unpaired) electrons. The SMILES string of the molecule is CC(C)C1=CC2(O)CCC3C(C)(C)CCCC3(O)CC2=CC1=O. The zero-order valence-corrected chi connectivity index (χ0v) is 14.9. The topological polar surface area (TPSA) is 57.5 Å². The third-order valence-electron chi connectivity index (χ3n) is 6.50. The van der Waals surface area contributed by atoms with Crippen molar-refractivity contribution in [3.63, 3.8) is 0 Å². The summed E-state index contributed by atoms with van der Waals surface area (Å²) in [5.41, 5.74) is -0.355. The molecule has 3 atom stereocenters. The van der Waals surface area contributed by atoms with E-state index < -0.39 is 11.2 Å². The number of hydrogen-bond donors (Lipinski definition) is 2. The van der Waals surface area contributed by atoms with Gasteiger partial charge >= 0.3 is 0 Å². The predicted molar refractivity (Wildman–Crippen MR) is 90.9 cm³/mol. The number of aliphatic hydroxyl groups is 2. The average molecular weight is 318 g/mol. The Balaban J connectivity index is 2.02. The van der Waals surface area contributed by atoms with Crippen LogP contribution in [0, 0.1) is 17.3 Å². The van der Waals surface area contributed by atoms with Crippen LogP contribution in [0.25, 0.3) is 0 Å². The minimum atomic E-state index is -1.06. The Morgan fingerprint density at radius 1 is 1.17 bits per heavy atom. The molecule has 3 unspecified atom stereocenters. The largest absolute Gasteiger partial charge is 0.389 e. The summed E-state index contributed by atoms with van der Waals surface area (Å²) in [6.07, 6.45) is 8.09. The first-order valence-electron chi connectivity index (χ1n) is 9.00. The fraction of sp³-hybridized carbons (Fsp3) is 0.750. The van der Waals surface area contributed by atoms with Crippen LogP contribution in [0.15, 0.2) is 23.3 Å². The van der Waals surface area contributed by atoms with Crippen molar-refractivity contribution < 1.29 is 15.0 Å². The molecule has 3 aliphatic rings. The van der Waals surface area contributed by atoms with Gasteiger partial charge in [-0.3, -0.25) is 4.79 Å². The minimum absolute atomic E-state index is 0.00297. The van der Waals surface area contributed by atoms with Gasteiger partial charge in [-0.15, -0.1) is 0 Å². The molecule has 2 N–H and O–H groups in total. The number of allylic oxidation sites excluding steroid dienone is 2. The van der Waals surface area contributed by atoms with E-state index in [1.165, 1.54) is 0 Å². The summed E-state index contributed by atoms with van der Waals surface area (Å²) in [5, 5.41) is 22.6. The number of carbonyl (C=O) groups excluding carboxylic acids is 1. The summed E-state index contributed by atoms with van der Waals surface area (Å²) < 4.78 is 0. The van der Waals surface area contributed by atoms with Crippen LogP contribution >= 0.6 is 0 Å². The molecular weight excluding hydrogens is 288 g/mol. The second-order valence-corrected chi connectivity index (χ2v) is 8.93. The van der Waals surface area contributed by atoms with Gasteiger partial charge in [-0.05, 0) is 60.7 Å². The van der Waals surface area contributed by atoms with Gasteiger partial charge in [0.05, 0.1) is 5.60 Å². The van der Waals surface area contributed by atoms with Crippen LogP contribution in [-0.4, -0.2) is 27.2 Å². The van der Waals surface area contributed by atoms with Crippen LogP contribution in [-0.2, 0) is 4.79 Å². The maximum atomic E-state index is 12.4. The molecule has 0 bridgehead atoms. The first-order chi connectivity index (χ1) is 10.6. The second-order valence-electron chi connectivity index (χ2n) is 8.93. The lowest BCUT2D eigenvalue weighted by atomic mass is 9.59. The molecule has 128 valence electrons. The van der Waals surface area contributed by atoms with E-state index in [1.54, 1.807) is 12.2 Å². The summed E-state index contributed by atoms with van der Waals surface area (Å²) in [6, 6.07) is 0. The second kappa shape index (κ2) is 5.29. The maximum Gasteiger partial charge on any atom is 0.181 e. The summed E-state index contributed by atoms with van der Waals surface area (Å²) in [7, 11) is 0. The van der Waals surface area contributed by atoms with E-state index in [4.69, 9.17) is 0 Å². The van der Waals surface area contributed by atoms with Crippen molar-refractivity contribution in [2.75, 3.05) is 0 Å². The van der Waals surface area contributed by atoms with Crippen molar-refractivity contribution in [3.05, 3.63) is 23.3 Å². The van der Waals surface area contributed by atoms with E-state index >= 15 is 0 Å². The van der Waals surface area contributed by atoms with Crippen LogP contribution < -0.4 is 0 Å². The quantitative estimate of drug-likeness (QED) is 0.777. The molecule has 23 heavy (non-hydrogen) atoms. The van der Waals surface area contributed by atoms with Gasteiger partial charge in [0, 0.05) is 12.0 Å². The van der Waals surface area contributed by atoms with Crippen LogP contribution in [0.4, 0.5) is 0 Å². The Labute approximate surface area is 139 Å². The zero-order valence-electron chi connectivity index (χ0n) is 14.9. The molecule has 2 fully saturated rings. The first kappa shape index (κ1) is 16.9. The van der Waals surface area contributed by atoms with E-state index in [1.807, 2.05) is 13.8 Å². The van der Waals surface area contributed by atoms with Crippen molar-refractivity contribution in [3.8, 4) is 0 Å². The molecule has 2 saturated carbocycles. The molecule has 0 heterocycles. The lowest BCUT2D eigenvalue weighted by Crippen LogP contribution is -2.48. The highest BCUT2D eigenvalue weighted by Gasteiger charge is 2.53. The zero-order chi connectivity index (χ0) is 17.0. The molecular formula is C20H30O3. The Morgan fingerprint density at radius 3 is 2.52 bits per heavy atom. The van der Waals surface area contributed by atoms with Crippen LogP contribution in [0.1, 0.15) is 66.2 Å². The lowest BCUT2D eigenvalue weighted by Gasteiger charge is -2.49. The highest BCUT2D eigenvalue weighted by molar-refractivity contribution is 6.06. The molecule has 0 aromatic carbocycles. The van der Waals surface area contributed by atoms with Gasteiger partial charge in [0.2, 0.25) is 0 Å². The molecule has 0 aliphatic heterocycles. The van der Waals surface area contributed by atoms with E-state index in [-0.39, 0.29) is 23.0 Å². The Morgan fingerprint density at radius 2 is 1.87 bits per heavy atom. The van der Waals surface area contributed by atoms with E-state index in [0.29, 0.717) is 18.4 Å². The van der Waals surface area contributed by atoms with Gasteiger partial charge < -0.3 is 10.2 Å². The fourth-order valence-electron chi connectivity index (χ4n) is 5.17. The van der Waals surface area contributed by atoms with Gasteiger partial charge in [-0.25, -0.2) is 0 Å². The van der Waals surface area contributed by atoms with Gasteiger partial charge in [-0.1, -0.05) is 34.1 Å². The number of hydrogen-bond acceptors (Lipinski definition) is 3. The number of carbonyl (C=O) groups is 1. The molecule has 3 heteroatoms. The minimum Gasteiger partial charge on any atom is -0.389 e. The van der Waals surface area contributed by atoms with Gasteiger partial charge in [0.1, 0.15) is 5.60 Å². The molecule has 3 aliphatic carbocycles. The van der Waals surface area contributed by atoms with Crippen molar-refractivity contribution in [2.45, 2.75) is 77.4 Å². The standard InChI is InChI=1S/C20H30O3/c1-13(2)15-12-19(22)9-6-17-18(3,4)7-5-8-20(17,23)11-14(19)10-16(15)21/h10,12-13,17,22-23H,5-9,11H2,1-4H3. The van der Waals surface area contributed by atoms with Gasteiger partial charge in [0.15, 0.2) is 5.78 Å². The van der Waals surface area contributed by atoms with Crippen molar-refractivity contribution in [1.29, 1.82) is 0 Å². The molecule has 0 spiro atoms. The number of ketones is 1. The van der Waals surface area contributed by atoms with Crippen LogP contribution in [0.2, 0.25) is 0 Å². The van der Waals surface area contributed by atoms with Crippen molar-refractivity contribution >= 4 is 5.78 Å². The fourth-order valence-corrected chi connectivity index (χ4v) is 5.17. The summed E-state index contributed by atoms with van der Waals surface area (Å²) in [5.74, 6) is 0.274. The molecule has 3 rings (SSSR count). The predicted octanol–water partition coefficient (Wildman–Crippen LogP) is 3.55. The van der Waals surface area contributed by atoms with E-state index in [0.717, 1.165) is 31.3 Å². The van der Waals surface area contributed by atoms with E-state index in [2.05, 4.69) is 13.8 Å². The lowest BCUT2D eigenvalue weighted by molar-refractivity contribution is -0.112. The molecule has 0 aromatic rings. The molecule has 3 nitrogen and oxygen atoms in total. The maximum absolute atomic E-state index is 12.4. The summed E-state index contributed by atoms with van der Waals surface area (Å²) in [6.45, 7) is 8.43. The normalized spacial score (nSPS) is 40.0. The highest BCUT2D eigenvalue weighted by Crippen LogP contribution is 2.55. The molecule has 0 saturated heterocycles. The molecule has 0 aromatic heterocycles. The van der Waals surface area contributed by atoms with Crippen molar-refractivity contribution in [1.82, 2.24) is 0 Å². The smallest absolute Gasteiger partial charge is 0.181 e. The van der Waals surface area contributed by atoms with Crippen molar-refractivity contribution in [2.24, 2.45) is 17.3 Å². The summed E-state index contributed by atoms with van der Waals surface area (Å²) in [4.78, 5) is 12.4. The Bertz CT molecular complexity index is 584. The Hall–Kier alpha value is -0.930. The third-order valence-corrected chi connectivity index (χ3v) is 6.50. The number of fused-ring (bicyclic) bond motifs is 2. The third kappa shape index (κ3) is 2.72. The van der Waals surface area contributed by atoms with Gasteiger partial charge in [0.25, 0.3) is 0 Å². The monoisotopic (exact) mass is 318 g/mol.